The minimum atomic E-state index is -1.78. The van der Waals surface area contributed by atoms with Crippen LogP contribution in [0.5, 0.6) is 11.5 Å². The first kappa shape index (κ1) is 64.4. The number of amides is 9. The average molecular weight is 1120 g/mol. The molecule has 3 aromatic rings. The molecule has 1 aromatic heterocycles. The highest BCUT2D eigenvalue weighted by atomic mass is 16.4. The number of imidazole rings is 1. The van der Waals surface area contributed by atoms with Crippen LogP contribution in [-0.2, 0) is 67.2 Å². The summed E-state index contributed by atoms with van der Waals surface area (Å²) in [5, 5.41) is 67.7. The Morgan fingerprint density at radius 2 is 1.12 bits per heavy atom. The summed E-state index contributed by atoms with van der Waals surface area (Å²) in [7, 11) is 0. The quantitative estimate of drug-likeness (QED) is 0.0314. The zero-order valence-electron chi connectivity index (χ0n) is 45.3. The van der Waals surface area contributed by atoms with Crippen LogP contribution in [0.4, 0.5) is 0 Å². The van der Waals surface area contributed by atoms with E-state index < -0.39 is 126 Å². The Morgan fingerprint density at radius 3 is 1.61 bits per heavy atom. The molecule has 438 valence electrons. The Balaban J connectivity index is 1.58. The molecule has 1 saturated heterocycles. The number of H-pyrrole nitrogens is 1. The number of aliphatic hydroxyl groups excluding tert-OH is 2. The lowest BCUT2D eigenvalue weighted by molar-refractivity contribution is -0.145. The Bertz CT molecular complexity index is 2600. The zero-order chi connectivity index (χ0) is 59.4. The second-order valence-corrected chi connectivity index (χ2v) is 20.7. The van der Waals surface area contributed by atoms with Gasteiger partial charge in [-0.05, 0) is 86.3 Å². The summed E-state index contributed by atoms with van der Waals surface area (Å²) in [6, 6.07) is -1.65. The molecule has 0 unspecified atom stereocenters. The van der Waals surface area contributed by atoms with Crippen LogP contribution in [0, 0.1) is 11.8 Å². The molecule has 2 aromatic carbocycles. The van der Waals surface area contributed by atoms with E-state index in [1.54, 1.807) is 13.8 Å². The number of carboxylic acid groups (broad SMARTS) is 1. The lowest BCUT2D eigenvalue weighted by Gasteiger charge is -2.31. The van der Waals surface area contributed by atoms with E-state index in [9.17, 15) is 73.5 Å². The number of primary amides is 1. The fourth-order valence-corrected chi connectivity index (χ4v) is 8.82. The molecule has 2 heterocycles. The highest BCUT2D eigenvalue weighted by Gasteiger charge is 2.41. The maximum atomic E-state index is 14.6. The van der Waals surface area contributed by atoms with E-state index in [-0.39, 0.29) is 81.2 Å². The first-order valence-corrected chi connectivity index (χ1v) is 26.3. The fourth-order valence-electron chi connectivity index (χ4n) is 8.82. The van der Waals surface area contributed by atoms with Crippen LogP contribution in [0.25, 0.3) is 0 Å². The van der Waals surface area contributed by atoms with Crippen molar-refractivity contribution in [1.82, 2.24) is 52.1 Å². The van der Waals surface area contributed by atoms with Crippen molar-refractivity contribution in [3.05, 3.63) is 77.9 Å². The van der Waals surface area contributed by atoms with E-state index >= 15 is 0 Å². The molecule has 80 heavy (non-hydrogen) atoms. The Labute approximate surface area is 462 Å². The van der Waals surface area contributed by atoms with Crippen LogP contribution in [0.1, 0.15) is 90.0 Å². The first-order chi connectivity index (χ1) is 37.8. The second-order valence-electron chi connectivity index (χ2n) is 20.7. The Kier molecular flexibility index (Phi) is 24.8. The number of nitrogens with zero attached hydrogens (tertiary/aromatic N) is 2. The molecule has 10 atom stereocenters. The number of phenolic OH excluding ortho intramolecular Hbond substituents is 2. The van der Waals surface area contributed by atoms with Gasteiger partial charge in [0.2, 0.25) is 53.2 Å². The van der Waals surface area contributed by atoms with Crippen molar-refractivity contribution < 1.29 is 73.5 Å². The smallest absolute Gasteiger partial charge is 0.328 e. The number of hydrogen-bond acceptors (Lipinski definition) is 16. The number of rotatable bonds is 31. The minimum Gasteiger partial charge on any atom is -0.508 e. The Morgan fingerprint density at radius 1 is 0.650 bits per heavy atom. The topological polar surface area (TPSA) is 440 Å². The van der Waals surface area contributed by atoms with E-state index in [1.807, 2.05) is 13.8 Å². The predicted molar refractivity (Wildman–Crippen MR) is 286 cm³/mol. The van der Waals surface area contributed by atoms with Gasteiger partial charge in [-0.1, -0.05) is 52.0 Å². The molecule has 0 radical (unpaired) electrons. The van der Waals surface area contributed by atoms with Gasteiger partial charge in [0.15, 0.2) is 6.04 Å². The molecule has 0 aliphatic carbocycles. The van der Waals surface area contributed by atoms with Crippen molar-refractivity contribution in [3.63, 3.8) is 0 Å². The van der Waals surface area contributed by atoms with E-state index in [4.69, 9.17) is 11.5 Å². The van der Waals surface area contributed by atoms with Gasteiger partial charge in [-0.3, -0.25) is 43.2 Å². The zero-order valence-corrected chi connectivity index (χ0v) is 45.3. The van der Waals surface area contributed by atoms with Crippen molar-refractivity contribution in [2.45, 2.75) is 153 Å². The summed E-state index contributed by atoms with van der Waals surface area (Å²) in [6.45, 7) is 7.40. The van der Waals surface area contributed by atoms with Crippen molar-refractivity contribution in [3.8, 4) is 11.5 Å². The maximum absolute atomic E-state index is 14.6. The lowest BCUT2D eigenvalue weighted by atomic mass is 10.00. The summed E-state index contributed by atoms with van der Waals surface area (Å²) < 4.78 is 0. The van der Waals surface area contributed by atoms with Gasteiger partial charge in [-0.2, -0.15) is 0 Å². The summed E-state index contributed by atoms with van der Waals surface area (Å²) >= 11 is 0. The van der Waals surface area contributed by atoms with Gasteiger partial charge in [-0.15, -0.1) is 0 Å². The van der Waals surface area contributed by atoms with Gasteiger partial charge in [0, 0.05) is 44.1 Å². The summed E-state index contributed by atoms with van der Waals surface area (Å²) in [5.74, 6) is -9.81. The number of aliphatic carboxylic acids is 1. The van der Waals surface area contributed by atoms with Crippen molar-refractivity contribution >= 4 is 59.1 Å². The number of aromatic nitrogens is 2. The highest BCUT2D eigenvalue weighted by molar-refractivity contribution is 5.98. The van der Waals surface area contributed by atoms with Crippen molar-refractivity contribution in [2.24, 2.45) is 23.3 Å². The van der Waals surface area contributed by atoms with Gasteiger partial charge < -0.3 is 84.1 Å². The third-order valence-electron chi connectivity index (χ3n) is 13.0. The number of benzene rings is 2. The van der Waals surface area contributed by atoms with Crippen LogP contribution < -0.4 is 48.7 Å². The van der Waals surface area contributed by atoms with Gasteiger partial charge in [0.25, 0.3) is 0 Å². The molecule has 1 aliphatic rings. The number of nitrogens with two attached hydrogens (primary N) is 2. The van der Waals surface area contributed by atoms with E-state index in [0.29, 0.717) is 23.2 Å². The normalized spacial score (nSPS) is 16.6. The SMILES string of the molecule is CC(C)C[C@H](NC(=O)[C@H](Cc1ccc(O)cc1)NC(=O)[C@H](CO)NC(=O)[C@H](Cc1cnc[nH]1)NC(=O)[C@H](CCC(N)=O)NC(=O)[C@@H](N)CC(C)C)C(=O)N1CCC[C@H]1C(=O)N[C@@H](Cc1ccc(O)cc1)C(=O)N[C@H](C(=O)O)[C@@H](C)O. The molecule has 4 rings (SSSR count). The summed E-state index contributed by atoms with van der Waals surface area (Å²) in [6.07, 6.45) is 0.571. The molecule has 17 N–H and O–H groups in total. The maximum Gasteiger partial charge on any atom is 0.328 e. The fraction of sp³-hybridized carbons (Fsp3) is 0.528. The summed E-state index contributed by atoms with van der Waals surface area (Å²) in [5.41, 5.74) is 12.6. The van der Waals surface area contributed by atoms with Gasteiger partial charge in [0.05, 0.1) is 25.1 Å². The van der Waals surface area contributed by atoms with Crippen LogP contribution >= 0.6 is 0 Å². The summed E-state index contributed by atoms with van der Waals surface area (Å²) in [4.78, 5) is 144. The molecule has 0 spiro atoms. The van der Waals surface area contributed by atoms with Crippen LogP contribution in [0.2, 0.25) is 0 Å². The third kappa shape index (κ3) is 20.2. The number of aliphatic hydroxyl groups is 2. The number of phenols is 2. The number of likely N-dealkylation sites (tertiary alicyclic amines) is 1. The van der Waals surface area contributed by atoms with Crippen molar-refractivity contribution in [1.29, 1.82) is 0 Å². The van der Waals surface area contributed by atoms with Crippen LogP contribution in [0.3, 0.4) is 0 Å². The molecule has 27 heteroatoms. The first-order valence-electron chi connectivity index (χ1n) is 26.3. The van der Waals surface area contributed by atoms with Gasteiger partial charge >= 0.3 is 5.97 Å². The number of aromatic amines is 1. The standard InChI is InChI=1S/C53H76N12O15/c1-27(2)19-35(54)45(71)58-36(16-17-43(55)70)46(72)60-39(23-32-24-56-26-57-32)48(74)63-41(25-66)50(76)59-37(21-30-8-12-33(68)13-9-30)47(73)62-40(20-28(3)4)52(78)65-18-6-7-42(65)51(77)61-38(22-31-10-14-34(69)15-11-31)49(75)64-44(29(5)67)53(79)80/h8-15,24,26-29,35-42,44,66-69H,6-7,16-23,25,54H2,1-5H3,(H2,55,70)(H,56,57)(H,58,71)(H,59,76)(H,60,72)(H,61,77)(H,62,73)(H,63,74)(H,64,75)(H,79,80)/t29-,35+,36+,37+,38+,39+,40+,41+,42+,44+/m1/s1. The second kappa shape index (κ2) is 30.8. The molecule has 0 saturated carbocycles. The van der Waals surface area contributed by atoms with E-state index in [0.717, 1.165) is 6.92 Å². The van der Waals surface area contributed by atoms with Crippen molar-refractivity contribution in [2.75, 3.05) is 13.2 Å². The minimum absolute atomic E-state index is 0.0176. The predicted octanol–water partition coefficient (Wildman–Crippen LogP) is -2.62. The van der Waals surface area contributed by atoms with E-state index in [2.05, 4.69) is 47.2 Å². The number of nitrogens with one attached hydrogen (secondary N) is 8. The lowest BCUT2D eigenvalue weighted by Crippen LogP contribution is -2.61. The molecule has 27 nitrogen and oxygen atoms in total. The molecule has 0 bridgehead atoms. The molecule has 1 fully saturated rings. The molecular weight excluding hydrogens is 1040 g/mol. The van der Waals surface area contributed by atoms with E-state index in [1.165, 1.54) is 66.0 Å². The number of carbonyl (C=O) groups is 10. The Hall–Kier alpha value is -8.17. The van der Waals surface area contributed by atoms with Gasteiger partial charge in [-0.25, -0.2) is 9.78 Å². The molecule has 1 aliphatic heterocycles. The number of carboxylic acids is 1. The highest BCUT2D eigenvalue weighted by Crippen LogP contribution is 2.22. The van der Waals surface area contributed by atoms with Crippen LogP contribution in [-0.4, -0.2) is 173 Å². The molecular formula is C53H76N12O15. The number of carbonyl (C=O) groups excluding carboxylic acids is 9. The van der Waals surface area contributed by atoms with Crippen LogP contribution in [0.15, 0.2) is 61.1 Å². The number of aromatic hydroxyl groups is 2. The third-order valence-corrected chi connectivity index (χ3v) is 13.0. The molecule has 9 amide bonds. The van der Waals surface area contributed by atoms with Gasteiger partial charge in [0.1, 0.15) is 53.8 Å². The number of hydrogen-bond donors (Lipinski definition) is 15. The average Bonchev–Trinajstić information content (AvgIpc) is 4.12. The largest absolute Gasteiger partial charge is 0.508 e. The monoisotopic (exact) mass is 1120 g/mol.